The van der Waals surface area contributed by atoms with E-state index in [0.717, 1.165) is 25.2 Å². The number of ether oxygens (including phenoxy) is 1. The average Bonchev–Trinajstić information content (AvgIpc) is 3.28. The average molecular weight is 354 g/mol. The van der Waals surface area contributed by atoms with E-state index in [4.69, 9.17) is 14.5 Å². The Hall–Kier alpha value is -1.32. The monoisotopic (exact) mass is 354 g/mol. The molecule has 0 aromatic heterocycles. The lowest BCUT2D eigenvalue weighted by atomic mass is 9.56. The molecule has 1 saturated heterocycles. The molecule has 1 saturated carbocycles. The number of hydrogen-bond donors (Lipinski definition) is 0. The summed E-state index contributed by atoms with van der Waals surface area (Å²) in [6.45, 7) is 5.52. The van der Waals surface area contributed by atoms with Crippen LogP contribution in [-0.4, -0.2) is 19.3 Å². The van der Waals surface area contributed by atoms with E-state index in [1.807, 2.05) is 0 Å². The molecule has 26 heavy (non-hydrogen) atoms. The Morgan fingerprint density at radius 2 is 2.12 bits per heavy atom. The van der Waals surface area contributed by atoms with Crippen LogP contribution in [0.25, 0.3) is 5.57 Å². The predicted molar refractivity (Wildman–Crippen MR) is 102 cm³/mol. The van der Waals surface area contributed by atoms with Gasteiger partial charge < -0.3 is 4.74 Å². The third-order valence-electron chi connectivity index (χ3n) is 8.12. The molecule has 0 N–H and O–H groups in total. The summed E-state index contributed by atoms with van der Waals surface area (Å²) in [6, 6.07) is 6.70. The number of rotatable bonds is 2. The zero-order chi connectivity index (χ0) is 17.9. The molecular formula is C23H30O3. The maximum atomic E-state index is 6.03. The summed E-state index contributed by atoms with van der Waals surface area (Å²) in [5, 5.41) is 0. The molecule has 4 atom stereocenters. The van der Waals surface area contributed by atoms with Gasteiger partial charge in [0.25, 0.3) is 0 Å². The molecule has 2 unspecified atom stereocenters. The summed E-state index contributed by atoms with van der Waals surface area (Å²) in [4.78, 5) is 11.5. The minimum atomic E-state index is -0.0334. The Kier molecular flexibility index (Phi) is 3.78. The van der Waals surface area contributed by atoms with Gasteiger partial charge in [0.05, 0.1) is 13.7 Å². The fourth-order valence-corrected chi connectivity index (χ4v) is 6.86. The molecule has 1 heterocycles. The van der Waals surface area contributed by atoms with Crippen molar-refractivity contribution >= 4 is 5.57 Å². The molecule has 2 fully saturated rings. The lowest BCUT2D eigenvalue weighted by Gasteiger charge is -2.50. The van der Waals surface area contributed by atoms with Crippen LogP contribution in [0.4, 0.5) is 0 Å². The fourth-order valence-electron chi connectivity index (χ4n) is 6.86. The molecule has 1 aromatic rings. The van der Waals surface area contributed by atoms with Crippen molar-refractivity contribution < 1.29 is 14.5 Å². The second kappa shape index (κ2) is 5.84. The zero-order valence-electron chi connectivity index (χ0n) is 16.3. The summed E-state index contributed by atoms with van der Waals surface area (Å²) in [7, 11) is 1.76. The number of benzene rings is 1. The van der Waals surface area contributed by atoms with Gasteiger partial charge >= 0.3 is 0 Å². The topological polar surface area (TPSA) is 27.7 Å². The van der Waals surface area contributed by atoms with Crippen LogP contribution < -0.4 is 4.74 Å². The first-order chi connectivity index (χ1) is 12.6. The van der Waals surface area contributed by atoms with Crippen molar-refractivity contribution in [2.75, 3.05) is 13.7 Å². The molecule has 140 valence electrons. The van der Waals surface area contributed by atoms with Gasteiger partial charge in [0.15, 0.2) is 0 Å². The second-order valence-electron chi connectivity index (χ2n) is 8.81. The maximum Gasteiger partial charge on any atom is 0.119 e. The van der Waals surface area contributed by atoms with Crippen LogP contribution in [0.1, 0.15) is 75.8 Å². The van der Waals surface area contributed by atoms with E-state index in [1.165, 1.54) is 43.2 Å². The number of allylic oxidation sites excluding steroid dienone is 2. The van der Waals surface area contributed by atoms with Crippen LogP contribution in [-0.2, 0) is 9.78 Å². The largest absolute Gasteiger partial charge is 0.497 e. The van der Waals surface area contributed by atoms with Gasteiger partial charge in [-0.25, -0.2) is 9.78 Å². The third kappa shape index (κ3) is 2.02. The number of hydrogen-bond acceptors (Lipinski definition) is 3. The van der Waals surface area contributed by atoms with Gasteiger partial charge in [-0.15, -0.1) is 0 Å². The van der Waals surface area contributed by atoms with E-state index in [0.29, 0.717) is 11.8 Å². The van der Waals surface area contributed by atoms with Crippen molar-refractivity contribution in [1.29, 1.82) is 0 Å². The molecule has 0 radical (unpaired) electrons. The van der Waals surface area contributed by atoms with Crippen LogP contribution in [0.5, 0.6) is 5.75 Å². The normalized spacial score (nSPS) is 38.3. The van der Waals surface area contributed by atoms with Gasteiger partial charge in [-0.2, -0.15) is 0 Å². The second-order valence-corrected chi connectivity index (χ2v) is 8.81. The summed E-state index contributed by atoms with van der Waals surface area (Å²) < 4.78 is 5.48. The predicted octanol–water partition coefficient (Wildman–Crippen LogP) is 5.65. The van der Waals surface area contributed by atoms with Crippen molar-refractivity contribution in [3.05, 3.63) is 34.9 Å². The number of methoxy groups -OCH3 is 1. The van der Waals surface area contributed by atoms with E-state index in [2.05, 4.69) is 32.0 Å². The zero-order valence-corrected chi connectivity index (χ0v) is 16.3. The molecule has 3 aliphatic carbocycles. The van der Waals surface area contributed by atoms with Crippen LogP contribution in [0.15, 0.2) is 23.8 Å². The molecule has 1 aliphatic heterocycles. The highest BCUT2D eigenvalue weighted by molar-refractivity contribution is 5.76. The van der Waals surface area contributed by atoms with Gasteiger partial charge in [-0.05, 0) is 79.2 Å². The third-order valence-corrected chi connectivity index (χ3v) is 8.12. The fraction of sp³-hybridized carbons (Fsp3) is 0.652. The quantitative estimate of drug-likeness (QED) is 0.643. The van der Waals surface area contributed by atoms with Gasteiger partial charge in [0.1, 0.15) is 11.4 Å². The van der Waals surface area contributed by atoms with Crippen LogP contribution in [0.3, 0.4) is 0 Å². The van der Waals surface area contributed by atoms with Gasteiger partial charge in [0.2, 0.25) is 0 Å². The van der Waals surface area contributed by atoms with Gasteiger partial charge in [0, 0.05) is 11.8 Å². The Morgan fingerprint density at radius 3 is 2.85 bits per heavy atom. The maximum absolute atomic E-state index is 6.03. The molecule has 5 rings (SSSR count). The smallest absolute Gasteiger partial charge is 0.119 e. The van der Waals surface area contributed by atoms with Crippen molar-refractivity contribution in [2.24, 2.45) is 11.3 Å². The van der Waals surface area contributed by atoms with Crippen molar-refractivity contribution in [3.63, 3.8) is 0 Å². The highest BCUT2D eigenvalue weighted by Gasteiger charge is 2.64. The minimum absolute atomic E-state index is 0.0334. The van der Waals surface area contributed by atoms with Crippen LogP contribution in [0, 0.1) is 11.3 Å². The highest BCUT2D eigenvalue weighted by Crippen LogP contribution is 2.67. The summed E-state index contributed by atoms with van der Waals surface area (Å²) in [5.74, 6) is 2.20. The van der Waals surface area contributed by atoms with E-state index in [-0.39, 0.29) is 11.0 Å². The first-order valence-corrected chi connectivity index (χ1v) is 10.3. The minimum Gasteiger partial charge on any atom is -0.497 e. The lowest BCUT2D eigenvalue weighted by Crippen LogP contribution is -2.48. The molecule has 1 spiro atoms. The highest BCUT2D eigenvalue weighted by atomic mass is 17.2. The molecule has 3 heteroatoms. The van der Waals surface area contributed by atoms with E-state index in [9.17, 15) is 0 Å². The Bertz CT molecular complexity index is 759. The van der Waals surface area contributed by atoms with E-state index < -0.39 is 0 Å². The van der Waals surface area contributed by atoms with Crippen LogP contribution >= 0.6 is 0 Å². The molecule has 0 bridgehead atoms. The molecule has 3 nitrogen and oxygen atoms in total. The van der Waals surface area contributed by atoms with Gasteiger partial charge in [-0.1, -0.05) is 25.5 Å². The lowest BCUT2D eigenvalue weighted by molar-refractivity contribution is -0.332. The van der Waals surface area contributed by atoms with E-state index in [1.54, 1.807) is 18.3 Å². The Labute approximate surface area is 156 Å². The number of fused-ring (bicyclic) bond motifs is 5. The Morgan fingerprint density at radius 1 is 1.23 bits per heavy atom. The van der Waals surface area contributed by atoms with E-state index >= 15 is 0 Å². The first-order valence-electron chi connectivity index (χ1n) is 10.3. The standard InChI is InChI=1S/C23H30O3/c1-4-22-9-7-18-17-6-5-16(24-3)14-19(17)15(2)13-20(18)21(22)8-10-23(22)11-12-25-26-23/h5-6,14-15,21H,4,7-13H2,1-3H3/t15?,21-,22-,23?/m0/s1. The van der Waals surface area contributed by atoms with Gasteiger partial charge in [-0.3, -0.25) is 0 Å². The molecular weight excluding hydrogens is 324 g/mol. The SMILES string of the molecule is CC[C@]12CCC3=C(CC(C)c4cc(OC)ccc43)[C@@H]1CCC21CCOO1. The molecule has 1 aromatic carbocycles. The summed E-state index contributed by atoms with van der Waals surface area (Å²) in [5.41, 5.74) is 6.55. The first kappa shape index (κ1) is 16.8. The van der Waals surface area contributed by atoms with Crippen LogP contribution in [0.2, 0.25) is 0 Å². The molecule has 0 amide bonds. The summed E-state index contributed by atoms with van der Waals surface area (Å²) in [6.07, 6.45) is 8.29. The van der Waals surface area contributed by atoms with Crippen molar-refractivity contribution in [1.82, 2.24) is 0 Å². The van der Waals surface area contributed by atoms with Crippen molar-refractivity contribution in [2.45, 2.75) is 70.3 Å². The summed E-state index contributed by atoms with van der Waals surface area (Å²) >= 11 is 0. The Balaban J connectivity index is 1.62. The van der Waals surface area contributed by atoms with Crippen molar-refractivity contribution in [3.8, 4) is 5.75 Å². The molecule has 4 aliphatic rings.